The van der Waals surface area contributed by atoms with Crippen molar-refractivity contribution in [3.63, 3.8) is 0 Å². The van der Waals surface area contributed by atoms with Crippen molar-refractivity contribution in [1.82, 2.24) is 5.32 Å². The Labute approximate surface area is 98.4 Å². The minimum Gasteiger partial charge on any atom is -0.334 e. The van der Waals surface area contributed by atoms with Crippen molar-refractivity contribution in [2.45, 2.75) is 19.9 Å². The predicted molar refractivity (Wildman–Crippen MR) is 61.0 cm³/mol. The summed E-state index contributed by atoms with van der Waals surface area (Å²) in [7, 11) is 0. The molecular weight excluding hydrogens is 223 g/mol. The number of halogens is 1. The molecule has 1 heterocycles. The molecule has 2 rings (SSSR count). The quantitative estimate of drug-likeness (QED) is 0.809. The number of urea groups is 1. The van der Waals surface area contributed by atoms with Gasteiger partial charge in [0.25, 0.3) is 0 Å². The van der Waals surface area contributed by atoms with Crippen molar-refractivity contribution in [1.29, 1.82) is 0 Å². The maximum atomic E-state index is 13.1. The summed E-state index contributed by atoms with van der Waals surface area (Å²) in [5, 5.41) is 2.67. The number of nitrogens with one attached hydrogen (secondary N) is 1. The molecule has 0 aliphatic carbocycles. The minimum atomic E-state index is -0.508. The topological polar surface area (TPSA) is 49.4 Å². The van der Waals surface area contributed by atoms with E-state index in [2.05, 4.69) is 5.32 Å². The highest BCUT2D eigenvalue weighted by Gasteiger charge is 2.36. The van der Waals surface area contributed by atoms with Gasteiger partial charge in [-0.3, -0.25) is 4.79 Å². The molecule has 0 saturated carbocycles. The normalized spacial score (nSPS) is 24.8. The van der Waals surface area contributed by atoms with Crippen molar-refractivity contribution in [2.75, 3.05) is 4.90 Å². The van der Waals surface area contributed by atoms with E-state index in [0.29, 0.717) is 0 Å². The van der Waals surface area contributed by atoms with Gasteiger partial charge in [-0.25, -0.2) is 14.1 Å². The largest absolute Gasteiger partial charge is 0.334 e. The summed E-state index contributed by atoms with van der Waals surface area (Å²) >= 11 is 0. The molecule has 17 heavy (non-hydrogen) atoms. The first-order valence-electron chi connectivity index (χ1n) is 5.40. The average molecular weight is 236 g/mol. The molecule has 3 amide bonds. The van der Waals surface area contributed by atoms with E-state index < -0.39 is 11.8 Å². The van der Waals surface area contributed by atoms with Gasteiger partial charge in [-0.1, -0.05) is 13.0 Å². The van der Waals surface area contributed by atoms with Crippen molar-refractivity contribution in [3.05, 3.63) is 30.1 Å². The van der Waals surface area contributed by atoms with Gasteiger partial charge < -0.3 is 5.32 Å². The number of carbonyl (C=O) groups excluding carboxylic acids is 2. The molecule has 0 spiro atoms. The number of hydrogen-bond donors (Lipinski definition) is 1. The van der Waals surface area contributed by atoms with Crippen molar-refractivity contribution >= 4 is 17.6 Å². The fraction of sp³-hybridized carbons (Fsp3) is 0.333. The van der Waals surface area contributed by atoms with Gasteiger partial charge in [0.05, 0.1) is 11.6 Å². The molecule has 0 radical (unpaired) electrons. The molecule has 1 aliphatic rings. The summed E-state index contributed by atoms with van der Waals surface area (Å²) < 4.78 is 13.1. The molecule has 1 fully saturated rings. The third-order valence-electron chi connectivity index (χ3n) is 2.98. The van der Waals surface area contributed by atoms with Crippen molar-refractivity contribution in [3.8, 4) is 0 Å². The van der Waals surface area contributed by atoms with Crippen LogP contribution in [-0.2, 0) is 4.79 Å². The Morgan fingerprint density at radius 2 is 2.00 bits per heavy atom. The summed E-state index contributed by atoms with van der Waals surface area (Å²) in [5.74, 6) is -1.11. The maximum Gasteiger partial charge on any atom is 0.328 e. The molecule has 5 heteroatoms. The van der Waals surface area contributed by atoms with Crippen molar-refractivity contribution in [2.24, 2.45) is 5.92 Å². The Kier molecular flexibility index (Phi) is 2.83. The van der Waals surface area contributed by atoms with Crippen LogP contribution in [0.2, 0.25) is 0 Å². The van der Waals surface area contributed by atoms with Crippen LogP contribution in [0.4, 0.5) is 14.9 Å². The second kappa shape index (κ2) is 4.16. The summed E-state index contributed by atoms with van der Waals surface area (Å²) in [6.07, 6.45) is 0. The molecule has 1 N–H and O–H groups in total. The monoisotopic (exact) mass is 236 g/mol. The molecule has 2 atom stereocenters. The van der Waals surface area contributed by atoms with E-state index in [1.54, 1.807) is 13.8 Å². The first-order chi connectivity index (χ1) is 8.00. The number of rotatable bonds is 1. The lowest BCUT2D eigenvalue weighted by Gasteiger charge is -2.34. The molecule has 1 aromatic carbocycles. The molecule has 90 valence electrons. The van der Waals surface area contributed by atoms with Gasteiger partial charge in [0, 0.05) is 6.04 Å². The van der Waals surface area contributed by atoms with Crippen LogP contribution in [0.15, 0.2) is 24.3 Å². The molecule has 1 aromatic rings. The van der Waals surface area contributed by atoms with Gasteiger partial charge in [0.1, 0.15) is 5.82 Å². The standard InChI is InChI=1S/C12H13FN2O2/c1-7-8(2)14-12(17)15(11(7)16)10-5-3-4-9(13)6-10/h3-8H,1-2H3,(H,14,17). The first kappa shape index (κ1) is 11.6. The molecule has 0 bridgehead atoms. The Morgan fingerprint density at radius 3 is 2.65 bits per heavy atom. The Hall–Kier alpha value is -1.91. The number of hydrogen-bond acceptors (Lipinski definition) is 2. The van der Waals surface area contributed by atoms with E-state index in [9.17, 15) is 14.0 Å². The first-order valence-corrected chi connectivity index (χ1v) is 5.40. The molecular formula is C12H13FN2O2. The Morgan fingerprint density at radius 1 is 1.29 bits per heavy atom. The van der Waals surface area contributed by atoms with Gasteiger partial charge in [-0.15, -0.1) is 0 Å². The fourth-order valence-electron chi connectivity index (χ4n) is 1.76. The van der Waals surface area contributed by atoms with Crippen LogP contribution in [0.3, 0.4) is 0 Å². The number of imide groups is 1. The van der Waals surface area contributed by atoms with Crippen LogP contribution in [0, 0.1) is 11.7 Å². The molecule has 1 aliphatic heterocycles. The minimum absolute atomic E-state index is 0.209. The zero-order chi connectivity index (χ0) is 12.6. The second-order valence-electron chi connectivity index (χ2n) is 4.18. The number of anilines is 1. The Bertz CT molecular complexity index is 475. The maximum absolute atomic E-state index is 13.1. The third-order valence-corrected chi connectivity index (χ3v) is 2.98. The highest BCUT2D eigenvalue weighted by molar-refractivity contribution is 6.16. The van der Waals surface area contributed by atoms with E-state index in [-0.39, 0.29) is 23.6 Å². The summed E-state index contributed by atoms with van der Waals surface area (Å²) in [6.45, 7) is 3.50. The van der Waals surface area contributed by atoms with E-state index in [1.165, 1.54) is 24.3 Å². The van der Waals surface area contributed by atoms with Crippen LogP contribution >= 0.6 is 0 Å². The molecule has 0 aromatic heterocycles. The van der Waals surface area contributed by atoms with Gasteiger partial charge in [-0.05, 0) is 25.1 Å². The van der Waals surface area contributed by atoms with Crippen molar-refractivity contribution < 1.29 is 14.0 Å². The van der Waals surface area contributed by atoms with E-state index in [0.717, 1.165) is 4.90 Å². The van der Waals surface area contributed by atoms with Gasteiger partial charge in [-0.2, -0.15) is 0 Å². The molecule has 4 nitrogen and oxygen atoms in total. The zero-order valence-corrected chi connectivity index (χ0v) is 9.61. The number of nitrogens with zero attached hydrogens (tertiary/aromatic N) is 1. The molecule has 2 unspecified atom stereocenters. The van der Waals surface area contributed by atoms with Gasteiger partial charge in [0.15, 0.2) is 0 Å². The van der Waals surface area contributed by atoms with E-state index in [4.69, 9.17) is 0 Å². The number of carbonyl (C=O) groups is 2. The van der Waals surface area contributed by atoms with Gasteiger partial charge >= 0.3 is 6.03 Å². The van der Waals surface area contributed by atoms with Crippen LogP contribution in [0.25, 0.3) is 0 Å². The number of benzene rings is 1. The highest BCUT2D eigenvalue weighted by atomic mass is 19.1. The summed E-state index contributed by atoms with van der Waals surface area (Å²) in [5.41, 5.74) is 0.256. The van der Waals surface area contributed by atoms with Crippen LogP contribution in [0.1, 0.15) is 13.8 Å². The lowest BCUT2D eigenvalue weighted by Crippen LogP contribution is -2.58. The average Bonchev–Trinajstić information content (AvgIpc) is 2.26. The summed E-state index contributed by atoms with van der Waals surface area (Å²) in [6, 6.07) is 4.71. The Balaban J connectivity index is 2.37. The SMILES string of the molecule is CC1NC(=O)N(c2cccc(F)c2)C(=O)C1C. The lowest BCUT2D eigenvalue weighted by molar-refractivity contribution is -0.122. The van der Waals surface area contributed by atoms with E-state index in [1.807, 2.05) is 0 Å². The van der Waals surface area contributed by atoms with E-state index >= 15 is 0 Å². The predicted octanol–water partition coefficient (Wildman–Crippen LogP) is 1.91. The molecule has 1 saturated heterocycles. The fourth-order valence-corrected chi connectivity index (χ4v) is 1.76. The van der Waals surface area contributed by atoms with Crippen LogP contribution < -0.4 is 10.2 Å². The third kappa shape index (κ3) is 2.00. The second-order valence-corrected chi connectivity index (χ2v) is 4.18. The van der Waals surface area contributed by atoms with Gasteiger partial charge in [0.2, 0.25) is 5.91 Å². The lowest BCUT2D eigenvalue weighted by atomic mass is 9.99. The summed E-state index contributed by atoms with van der Waals surface area (Å²) in [4.78, 5) is 24.7. The number of amides is 3. The van der Waals surface area contributed by atoms with Crippen LogP contribution in [-0.4, -0.2) is 18.0 Å². The smallest absolute Gasteiger partial charge is 0.328 e. The highest BCUT2D eigenvalue weighted by Crippen LogP contribution is 2.22. The van der Waals surface area contributed by atoms with Crippen LogP contribution in [0.5, 0.6) is 0 Å². The zero-order valence-electron chi connectivity index (χ0n) is 9.61.